The van der Waals surface area contributed by atoms with Crippen molar-refractivity contribution in [3.8, 4) is 11.5 Å². The standard InChI is InChI=1S/C16H16ClNO3/c1-2-11-3-6-13(7-4-11)21-10-16(20)18-14-9-12(17)5-8-15(14)19/h3-9,19H,2,10H2,1H3,(H,18,20). The van der Waals surface area contributed by atoms with Crippen LogP contribution in [0.4, 0.5) is 5.69 Å². The summed E-state index contributed by atoms with van der Waals surface area (Å²) in [5.41, 5.74) is 1.47. The van der Waals surface area contributed by atoms with Gasteiger partial charge in [0.05, 0.1) is 5.69 Å². The molecular weight excluding hydrogens is 290 g/mol. The van der Waals surface area contributed by atoms with E-state index in [1.165, 1.54) is 17.7 Å². The molecule has 0 spiro atoms. The van der Waals surface area contributed by atoms with Crippen molar-refractivity contribution >= 4 is 23.2 Å². The number of rotatable bonds is 5. The monoisotopic (exact) mass is 305 g/mol. The SMILES string of the molecule is CCc1ccc(OCC(=O)Nc2cc(Cl)ccc2O)cc1. The Balaban J connectivity index is 1.91. The maximum absolute atomic E-state index is 11.8. The fraction of sp³-hybridized carbons (Fsp3) is 0.188. The van der Waals surface area contributed by atoms with Crippen molar-refractivity contribution in [2.45, 2.75) is 13.3 Å². The number of amides is 1. The summed E-state index contributed by atoms with van der Waals surface area (Å²) in [6.07, 6.45) is 0.953. The van der Waals surface area contributed by atoms with Crippen LogP contribution in [0, 0.1) is 0 Å². The smallest absolute Gasteiger partial charge is 0.262 e. The van der Waals surface area contributed by atoms with Gasteiger partial charge in [0.1, 0.15) is 11.5 Å². The first-order valence-electron chi connectivity index (χ1n) is 6.58. The van der Waals surface area contributed by atoms with Gasteiger partial charge in [-0.2, -0.15) is 0 Å². The summed E-state index contributed by atoms with van der Waals surface area (Å²) >= 11 is 5.81. The topological polar surface area (TPSA) is 58.6 Å². The van der Waals surface area contributed by atoms with Gasteiger partial charge in [-0.3, -0.25) is 4.79 Å². The fourth-order valence-electron chi connectivity index (χ4n) is 1.76. The summed E-state index contributed by atoms with van der Waals surface area (Å²) in [4.78, 5) is 11.8. The molecule has 0 aliphatic rings. The second-order valence-corrected chi connectivity index (χ2v) is 4.93. The quantitative estimate of drug-likeness (QED) is 0.829. The zero-order chi connectivity index (χ0) is 15.2. The molecule has 0 unspecified atom stereocenters. The normalized spacial score (nSPS) is 10.2. The van der Waals surface area contributed by atoms with Crippen LogP contribution in [0.1, 0.15) is 12.5 Å². The number of aromatic hydroxyl groups is 1. The Kier molecular flexibility index (Phi) is 5.06. The first kappa shape index (κ1) is 15.2. The van der Waals surface area contributed by atoms with Crippen LogP contribution >= 0.6 is 11.6 Å². The third kappa shape index (κ3) is 4.39. The number of hydrogen-bond acceptors (Lipinski definition) is 3. The lowest BCUT2D eigenvalue weighted by Crippen LogP contribution is -2.20. The van der Waals surface area contributed by atoms with Crippen LogP contribution in [0.15, 0.2) is 42.5 Å². The second kappa shape index (κ2) is 6.99. The molecule has 0 aliphatic heterocycles. The van der Waals surface area contributed by atoms with E-state index in [0.717, 1.165) is 6.42 Å². The number of carbonyl (C=O) groups excluding carboxylic acids is 1. The molecule has 0 aliphatic carbocycles. The molecule has 21 heavy (non-hydrogen) atoms. The summed E-state index contributed by atoms with van der Waals surface area (Å²) in [6, 6.07) is 12.0. The van der Waals surface area contributed by atoms with Gasteiger partial charge in [0.15, 0.2) is 6.61 Å². The summed E-state index contributed by atoms with van der Waals surface area (Å²) < 4.78 is 5.38. The molecule has 2 N–H and O–H groups in total. The van der Waals surface area contributed by atoms with Gasteiger partial charge in [-0.05, 0) is 42.3 Å². The Labute approximate surface area is 128 Å². The van der Waals surface area contributed by atoms with Gasteiger partial charge in [0.2, 0.25) is 0 Å². The lowest BCUT2D eigenvalue weighted by atomic mass is 10.2. The molecule has 0 bridgehead atoms. The van der Waals surface area contributed by atoms with E-state index in [-0.39, 0.29) is 24.0 Å². The zero-order valence-corrected chi connectivity index (χ0v) is 12.4. The average Bonchev–Trinajstić information content (AvgIpc) is 2.49. The van der Waals surface area contributed by atoms with E-state index in [1.54, 1.807) is 6.07 Å². The van der Waals surface area contributed by atoms with Gasteiger partial charge in [0, 0.05) is 5.02 Å². The first-order valence-corrected chi connectivity index (χ1v) is 6.96. The van der Waals surface area contributed by atoms with Crippen molar-refractivity contribution in [2.75, 3.05) is 11.9 Å². The Bertz CT molecular complexity index is 626. The number of phenols is 1. The van der Waals surface area contributed by atoms with Gasteiger partial charge < -0.3 is 15.2 Å². The van der Waals surface area contributed by atoms with E-state index >= 15 is 0 Å². The second-order valence-electron chi connectivity index (χ2n) is 4.50. The number of anilines is 1. The highest BCUT2D eigenvalue weighted by Gasteiger charge is 2.08. The number of hydrogen-bond donors (Lipinski definition) is 2. The number of ether oxygens (including phenoxy) is 1. The van der Waals surface area contributed by atoms with Gasteiger partial charge in [-0.25, -0.2) is 0 Å². The highest BCUT2D eigenvalue weighted by Crippen LogP contribution is 2.26. The third-order valence-corrected chi connectivity index (χ3v) is 3.17. The summed E-state index contributed by atoms with van der Waals surface area (Å²) in [5.74, 6) is 0.213. The predicted molar refractivity (Wildman–Crippen MR) is 83.1 cm³/mol. The average molecular weight is 306 g/mol. The van der Waals surface area contributed by atoms with E-state index in [1.807, 2.05) is 24.3 Å². The number of carbonyl (C=O) groups is 1. The molecule has 0 atom stereocenters. The number of nitrogens with one attached hydrogen (secondary N) is 1. The van der Waals surface area contributed by atoms with Crippen LogP contribution in [0.3, 0.4) is 0 Å². The van der Waals surface area contributed by atoms with Crippen LogP contribution in [-0.4, -0.2) is 17.6 Å². The van der Waals surface area contributed by atoms with Gasteiger partial charge in [0.25, 0.3) is 5.91 Å². The molecule has 4 nitrogen and oxygen atoms in total. The van der Waals surface area contributed by atoms with Crippen molar-refractivity contribution in [1.82, 2.24) is 0 Å². The molecular formula is C16H16ClNO3. The molecule has 1 amide bonds. The molecule has 2 rings (SSSR count). The van der Waals surface area contributed by atoms with Crippen LogP contribution in [0.5, 0.6) is 11.5 Å². The van der Waals surface area contributed by atoms with Crippen LogP contribution in [-0.2, 0) is 11.2 Å². The van der Waals surface area contributed by atoms with Crippen LogP contribution in [0.25, 0.3) is 0 Å². The molecule has 0 heterocycles. The van der Waals surface area contributed by atoms with Crippen molar-refractivity contribution in [2.24, 2.45) is 0 Å². The largest absolute Gasteiger partial charge is 0.506 e. The highest BCUT2D eigenvalue weighted by atomic mass is 35.5. The highest BCUT2D eigenvalue weighted by molar-refractivity contribution is 6.31. The molecule has 0 saturated carbocycles. The molecule has 110 valence electrons. The first-order chi connectivity index (χ1) is 10.1. The van der Waals surface area contributed by atoms with E-state index in [2.05, 4.69) is 12.2 Å². The predicted octanol–water partition coefficient (Wildman–Crippen LogP) is 3.63. The van der Waals surface area contributed by atoms with Gasteiger partial charge in [-0.1, -0.05) is 30.7 Å². The Morgan fingerprint density at radius 2 is 1.95 bits per heavy atom. The minimum Gasteiger partial charge on any atom is -0.506 e. The maximum atomic E-state index is 11.8. The fourth-order valence-corrected chi connectivity index (χ4v) is 1.94. The zero-order valence-electron chi connectivity index (χ0n) is 11.6. The van der Waals surface area contributed by atoms with E-state index in [4.69, 9.17) is 16.3 Å². The Morgan fingerprint density at radius 1 is 1.24 bits per heavy atom. The lowest BCUT2D eigenvalue weighted by Gasteiger charge is -2.09. The summed E-state index contributed by atoms with van der Waals surface area (Å²) in [5, 5.41) is 12.6. The summed E-state index contributed by atoms with van der Waals surface area (Å²) in [7, 11) is 0. The number of halogens is 1. The van der Waals surface area contributed by atoms with Crippen molar-refractivity contribution in [3.63, 3.8) is 0 Å². The van der Waals surface area contributed by atoms with Gasteiger partial charge in [-0.15, -0.1) is 0 Å². The third-order valence-electron chi connectivity index (χ3n) is 2.93. The molecule has 0 aromatic heterocycles. The summed E-state index contributed by atoms with van der Waals surface area (Å²) in [6.45, 7) is 1.93. The number of phenolic OH excluding ortho intramolecular Hbond substituents is 1. The number of benzene rings is 2. The molecule has 0 saturated heterocycles. The van der Waals surface area contributed by atoms with E-state index in [9.17, 15) is 9.90 Å². The van der Waals surface area contributed by atoms with E-state index < -0.39 is 0 Å². The van der Waals surface area contributed by atoms with Gasteiger partial charge >= 0.3 is 0 Å². The molecule has 2 aromatic carbocycles. The Morgan fingerprint density at radius 3 is 2.62 bits per heavy atom. The molecule has 2 aromatic rings. The maximum Gasteiger partial charge on any atom is 0.262 e. The van der Waals surface area contributed by atoms with Crippen LogP contribution in [0.2, 0.25) is 5.02 Å². The molecule has 0 radical (unpaired) electrons. The minimum atomic E-state index is -0.368. The van der Waals surface area contributed by atoms with Crippen LogP contribution < -0.4 is 10.1 Å². The number of aryl methyl sites for hydroxylation is 1. The van der Waals surface area contributed by atoms with Crippen molar-refractivity contribution in [1.29, 1.82) is 0 Å². The van der Waals surface area contributed by atoms with E-state index in [0.29, 0.717) is 10.8 Å². The lowest BCUT2D eigenvalue weighted by molar-refractivity contribution is -0.118. The van der Waals surface area contributed by atoms with Crippen molar-refractivity contribution < 1.29 is 14.6 Å². The molecule has 0 fully saturated rings. The minimum absolute atomic E-state index is 0.0416. The molecule has 5 heteroatoms. The van der Waals surface area contributed by atoms with Crippen molar-refractivity contribution in [3.05, 3.63) is 53.1 Å². The Hall–Kier alpha value is -2.20.